The van der Waals surface area contributed by atoms with Gasteiger partial charge >= 0.3 is 0 Å². The average Bonchev–Trinajstić information content (AvgIpc) is 3.49. The standard InChI is InChI=1S/C38H51N5O/c39-27-32-9-15-37-36(26-32)34(28-40-37)8-4-5-19-41-22-24-43(25-23-41)35-13-11-33(12-14-35)38(44)16-10-30-17-20-42(21-18-30)29-31-6-2-1-3-7-31/h9,11-15,26,28,30-31,40H,1-8,10,16-25,29H2. The molecule has 3 aromatic rings. The molecule has 44 heavy (non-hydrogen) atoms. The van der Waals surface area contributed by atoms with Gasteiger partial charge in [0.25, 0.3) is 0 Å². The van der Waals surface area contributed by atoms with Crippen molar-refractivity contribution in [1.29, 1.82) is 5.26 Å². The van der Waals surface area contributed by atoms with Crippen molar-refractivity contribution in [1.82, 2.24) is 14.8 Å². The molecule has 0 unspecified atom stereocenters. The van der Waals surface area contributed by atoms with Gasteiger partial charge in [0.2, 0.25) is 0 Å². The average molecular weight is 594 g/mol. The van der Waals surface area contributed by atoms with Gasteiger partial charge in [-0.1, -0.05) is 19.3 Å². The van der Waals surface area contributed by atoms with Crippen molar-refractivity contribution < 1.29 is 4.79 Å². The number of hydrogen-bond acceptors (Lipinski definition) is 5. The maximum atomic E-state index is 13.0. The number of hydrogen-bond donors (Lipinski definition) is 1. The van der Waals surface area contributed by atoms with Gasteiger partial charge in [-0.05, 0) is 131 Å². The normalized spacial score (nSPS) is 19.4. The second kappa shape index (κ2) is 15.2. The summed E-state index contributed by atoms with van der Waals surface area (Å²) in [5, 5.41) is 10.4. The number of anilines is 1. The lowest BCUT2D eigenvalue weighted by Crippen LogP contribution is -2.46. The molecule has 1 aromatic heterocycles. The summed E-state index contributed by atoms with van der Waals surface area (Å²) < 4.78 is 0. The molecule has 1 N–H and O–H groups in total. The number of piperazine rings is 1. The fourth-order valence-electron chi connectivity index (χ4n) is 7.87. The van der Waals surface area contributed by atoms with E-state index < -0.39 is 0 Å². The second-order valence-electron chi connectivity index (χ2n) is 13.7. The number of aromatic nitrogens is 1. The van der Waals surface area contributed by atoms with E-state index in [-0.39, 0.29) is 0 Å². The van der Waals surface area contributed by atoms with Crippen LogP contribution in [0.15, 0.2) is 48.7 Å². The Labute approximate surface area is 264 Å². The van der Waals surface area contributed by atoms with Gasteiger partial charge in [0.05, 0.1) is 11.6 Å². The van der Waals surface area contributed by atoms with E-state index in [2.05, 4.69) is 56.2 Å². The zero-order chi connectivity index (χ0) is 30.1. The van der Waals surface area contributed by atoms with Crippen LogP contribution in [0.2, 0.25) is 0 Å². The van der Waals surface area contributed by atoms with Gasteiger partial charge in [-0.2, -0.15) is 5.26 Å². The van der Waals surface area contributed by atoms with Crippen LogP contribution in [-0.4, -0.2) is 72.9 Å². The maximum Gasteiger partial charge on any atom is 0.162 e. The maximum absolute atomic E-state index is 13.0. The molecule has 2 aliphatic heterocycles. The zero-order valence-electron chi connectivity index (χ0n) is 26.6. The number of nitriles is 1. The first-order chi connectivity index (χ1) is 21.6. The fourth-order valence-corrected chi connectivity index (χ4v) is 7.87. The van der Waals surface area contributed by atoms with Gasteiger partial charge < -0.3 is 14.8 Å². The van der Waals surface area contributed by atoms with E-state index in [1.54, 1.807) is 0 Å². The molecule has 0 bridgehead atoms. The van der Waals surface area contributed by atoms with Gasteiger partial charge in [0, 0.05) is 67.5 Å². The van der Waals surface area contributed by atoms with Gasteiger partial charge in [-0.3, -0.25) is 9.69 Å². The Morgan fingerprint density at radius 3 is 2.36 bits per heavy atom. The molecule has 6 nitrogen and oxygen atoms in total. The molecule has 3 aliphatic rings. The van der Waals surface area contributed by atoms with E-state index in [4.69, 9.17) is 0 Å². The number of likely N-dealkylation sites (tertiary alicyclic amines) is 1. The van der Waals surface area contributed by atoms with Crippen molar-refractivity contribution in [2.45, 2.75) is 77.0 Å². The topological polar surface area (TPSA) is 66.4 Å². The lowest BCUT2D eigenvalue weighted by atomic mass is 9.87. The first kappa shape index (κ1) is 30.9. The van der Waals surface area contributed by atoms with Crippen molar-refractivity contribution in [2.24, 2.45) is 11.8 Å². The van der Waals surface area contributed by atoms with E-state index in [1.807, 2.05) is 18.2 Å². The number of carbonyl (C=O) groups is 1. The number of benzene rings is 2. The Morgan fingerprint density at radius 2 is 1.61 bits per heavy atom. The summed E-state index contributed by atoms with van der Waals surface area (Å²) in [6.45, 7) is 9.13. The van der Waals surface area contributed by atoms with E-state index in [1.165, 1.54) is 87.6 Å². The molecular formula is C38H51N5O. The minimum Gasteiger partial charge on any atom is -0.369 e. The second-order valence-corrected chi connectivity index (χ2v) is 13.7. The van der Waals surface area contributed by atoms with Crippen molar-refractivity contribution >= 4 is 22.4 Å². The Hall–Kier alpha value is -3.14. The number of H-pyrrole nitrogens is 1. The summed E-state index contributed by atoms with van der Waals surface area (Å²) in [6.07, 6.45) is 16.9. The van der Waals surface area contributed by atoms with Gasteiger partial charge in [0.1, 0.15) is 0 Å². The first-order valence-corrected chi connectivity index (χ1v) is 17.5. The summed E-state index contributed by atoms with van der Waals surface area (Å²) in [6, 6.07) is 16.6. The van der Waals surface area contributed by atoms with Crippen LogP contribution in [0.5, 0.6) is 0 Å². The quantitative estimate of drug-likeness (QED) is 0.175. The highest BCUT2D eigenvalue weighted by atomic mass is 16.1. The lowest BCUT2D eigenvalue weighted by molar-refractivity contribution is 0.0956. The number of carbonyl (C=O) groups excluding carboxylic acids is 1. The molecule has 2 aromatic carbocycles. The molecule has 1 saturated carbocycles. The van der Waals surface area contributed by atoms with Crippen LogP contribution >= 0.6 is 0 Å². The molecule has 6 heteroatoms. The van der Waals surface area contributed by atoms with E-state index in [0.29, 0.717) is 18.1 Å². The fraction of sp³-hybridized carbons (Fsp3) is 0.579. The third-order valence-corrected chi connectivity index (χ3v) is 10.7. The molecule has 0 spiro atoms. The number of nitrogens with one attached hydrogen (secondary N) is 1. The van der Waals surface area contributed by atoms with E-state index in [0.717, 1.165) is 74.5 Å². The van der Waals surface area contributed by atoms with Gasteiger partial charge in [0.15, 0.2) is 5.78 Å². The van der Waals surface area contributed by atoms with Crippen LogP contribution in [0.1, 0.15) is 92.1 Å². The van der Waals surface area contributed by atoms with Gasteiger partial charge in [-0.25, -0.2) is 0 Å². The summed E-state index contributed by atoms with van der Waals surface area (Å²) in [7, 11) is 0. The van der Waals surface area contributed by atoms with Crippen LogP contribution in [0, 0.1) is 23.2 Å². The molecule has 2 saturated heterocycles. The molecule has 0 amide bonds. The predicted octanol–water partition coefficient (Wildman–Crippen LogP) is 7.44. The van der Waals surface area contributed by atoms with Crippen molar-refractivity contribution in [3.63, 3.8) is 0 Å². The number of ketones is 1. The van der Waals surface area contributed by atoms with Crippen molar-refractivity contribution in [3.8, 4) is 6.07 Å². The summed E-state index contributed by atoms with van der Waals surface area (Å²) in [5.74, 6) is 1.95. The monoisotopic (exact) mass is 593 g/mol. The number of aryl methyl sites for hydroxylation is 1. The molecule has 6 rings (SSSR count). The molecule has 3 heterocycles. The van der Waals surface area contributed by atoms with Crippen molar-refractivity contribution in [2.75, 3.05) is 57.3 Å². The highest BCUT2D eigenvalue weighted by Gasteiger charge is 2.24. The highest BCUT2D eigenvalue weighted by molar-refractivity contribution is 5.96. The van der Waals surface area contributed by atoms with Crippen LogP contribution in [0.3, 0.4) is 0 Å². The van der Waals surface area contributed by atoms with Crippen LogP contribution < -0.4 is 4.90 Å². The smallest absolute Gasteiger partial charge is 0.162 e. The minimum absolute atomic E-state index is 0.309. The Kier molecular flexibility index (Phi) is 10.7. The number of fused-ring (bicyclic) bond motifs is 1. The minimum atomic E-state index is 0.309. The van der Waals surface area contributed by atoms with E-state index >= 15 is 0 Å². The SMILES string of the molecule is N#Cc1ccc2[nH]cc(CCCCN3CCN(c4ccc(C(=O)CCC5CCN(CC6CCCCC6)CC5)cc4)CC3)c2c1. The number of aromatic amines is 1. The number of rotatable bonds is 12. The number of Topliss-reactive ketones (excluding diaryl/α,β-unsaturated/α-hetero) is 1. The zero-order valence-corrected chi connectivity index (χ0v) is 26.6. The lowest BCUT2D eigenvalue weighted by Gasteiger charge is -2.36. The van der Waals surface area contributed by atoms with Crippen LogP contribution in [-0.2, 0) is 6.42 Å². The molecule has 234 valence electrons. The van der Waals surface area contributed by atoms with Crippen molar-refractivity contribution in [3.05, 3.63) is 65.4 Å². The Morgan fingerprint density at radius 1 is 0.841 bits per heavy atom. The summed E-state index contributed by atoms with van der Waals surface area (Å²) in [5.41, 5.74) is 5.27. The molecule has 0 atom stereocenters. The van der Waals surface area contributed by atoms with E-state index in [9.17, 15) is 10.1 Å². The predicted molar refractivity (Wildman–Crippen MR) is 180 cm³/mol. The highest BCUT2D eigenvalue weighted by Crippen LogP contribution is 2.28. The molecule has 0 radical (unpaired) electrons. The van der Waals surface area contributed by atoms with Crippen LogP contribution in [0.25, 0.3) is 10.9 Å². The molecular weight excluding hydrogens is 542 g/mol. The summed E-state index contributed by atoms with van der Waals surface area (Å²) >= 11 is 0. The number of piperidine rings is 1. The number of unbranched alkanes of at least 4 members (excludes halogenated alkanes) is 1. The van der Waals surface area contributed by atoms with Gasteiger partial charge in [-0.15, -0.1) is 0 Å². The Balaban J connectivity index is 0.865. The number of nitrogens with zero attached hydrogens (tertiary/aromatic N) is 4. The first-order valence-electron chi connectivity index (χ1n) is 17.5. The molecule has 3 fully saturated rings. The molecule has 1 aliphatic carbocycles. The largest absolute Gasteiger partial charge is 0.369 e. The third-order valence-electron chi connectivity index (χ3n) is 10.7. The third kappa shape index (κ3) is 8.11. The summed E-state index contributed by atoms with van der Waals surface area (Å²) in [4.78, 5) is 24.1. The van der Waals surface area contributed by atoms with Crippen LogP contribution in [0.4, 0.5) is 5.69 Å². The Bertz CT molecular complexity index is 1380.